The lowest BCUT2D eigenvalue weighted by Gasteiger charge is -2.31. The molecule has 0 radical (unpaired) electrons. The second-order valence-corrected chi connectivity index (χ2v) is 6.82. The number of likely N-dealkylation sites (tertiary alicyclic amines) is 1. The zero-order valence-electron chi connectivity index (χ0n) is 13.7. The summed E-state index contributed by atoms with van der Waals surface area (Å²) in [6.45, 7) is 6.56. The molecule has 1 fully saturated rings. The summed E-state index contributed by atoms with van der Waals surface area (Å²) in [5, 5.41) is 2.76. The van der Waals surface area contributed by atoms with Gasteiger partial charge in [-0.25, -0.2) is 4.98 Å². The minimum absolute atomic E-state index is 0.0406. The van der Waals surface area contributed by atoms with Gasteiger partial charge in [-0.05, 0) is 18.8 Å². The molecule has 1 amide bonds. The maximum atomic E-state index is 12.6. The predicted molar refractivity (Wildman–Crippen MR) is 97.2 cm³/mol. The fourth-order valence-corrected chi connectivity index (χ4v) is 3.67. The smallest absolute Gasteiger partial charge is 0.273 e. The predicted octanol–water partition coefficient (Wildman–Crippen LogP) is 3.86. The molecule has 0 bridgehead atoms. The molecule has 2 heterocycles. The van der Waals surface area contributed by atoms with Crippen molar-refractivity contribution in [2.45, 2.75) is 12.8 Å². The molecule has 0 unspecified atom stereocenters. The maximum absolute atomic E-state index is 12.6. The van der Waals surface area contributed by atoms with Crippen LogP contribution in [0.25, 0.3) is 10.6 Å². The van der Waals surface area contributed by atoms with Crippen molar-refractivity contribution in [2.75, 3.05) is 26.3 Å². The van der Waals surface area contributed by atoms with Crippen molar-refractivity contribution in [3.63, 3.8) is 0 Å². The molecule has 0 N–H and O–H groups in total. The van der Waals surface area contributed by atoms with E-state index in [1.807, 2.05) is 40.6 Å². The number of ether oxygens (including phenoxy) is 1. The van der Waals surface area contributed by atoms with E-state index in [1.54, 1.807) is 6.08 Å². The highest BCUT2D eigenvalue weighted by Crippen LogP contribution is 2.25. The lowest BCUT2D eigenvalue weighted by Crippen LogP contribution is -2.39. The van der Waals surface area contributed by atoms with Crippen molar-refractivity contribution in [3.8, 4) is 10.6 Å². The molecule has 0 saturated carbocycles. The van der Waals surface area contributed by atoms with Crippen LogP contribution in [0.5, 0.6) is 0 Å². The van der Waals surface area contributed by atoms with Crippen LogP contribution in [0.4, 0.5) is 0 Å². The SMILES string of the molecule is C=CCOCC1CCN(C(=O)c2csc(-c3ccccc3)n2)CC1. The van der Waals surface area contributed by atoms with Gasteiger partial charge in [0.25, 0.3) is 5.91 Å². The van der Waals surface area contributed by atoms with Crippen LogP contribution in [0.1, 0.15) is 23.3 Å². The molecule has 0 spiro atoms. The van der Waals surface area contributed by atoms with Crippen LogP contribution in [-0.2, 0) is 4.74 Å². The quantitative estimate of drug-likeness (QED) is 0.591. The van der Waals surface area contributed by atoms with Gasteiger partial charge in [0.2, 0.25) is 0 Å². The van der Waals surface area contributed by atoms with Crippen molar-refractivity contribution in [1.82, 2.24) is 9.88 Å². The number of amides is 1. The molecule has 1 aliphatic rings. The number of carbonyl (C=O) groups is 1. The summed E-state index contributed by atoms with van der Waals surface area (Å²) in [7, 11) is 0. The summed E-state index contributed by atoms with van der Waals surface area (Å²) < 4.78 is 5.52. The van der Waals surface area contributed by atoms with Gasteiger partial charge in [-0.3, -0.25) is 4.79 Å². The molecule has 1 aromatic heterocycles. The van der Waals surface area contributed by atoms with E-state index in [-0.39, 0.29) is 5.91 Å². The second-order valence-electron chi connectivity index (χ2n) is 5.97. The first-order valence-electron chi connectivity index (χ1n) is 8.27. The van der Waals surface area contributed by atoms with E-state index < -0.39 is 0 Å². The summed E-state index contributed by atoms with van der Waals surface area (Å²) in [5.41, 5.74) is 1.61. The fraction of sp³-hybridized carbons (Fsp3) is 0.368. The van der Waals surface area contributed by atoms with E-state index in [9.17, 15) is 4.79 Å². The van der Waals surface area contributed by atoms with Gasteiger partial charge < -0.3 is 9.64 Å². The minimum atomic E-state index is 0.0406. The van der Waals surface area contributed by atoms with Crippen LogP contribution >= 0.6 is 11.3 Å². The molecular formula is C19H22N2O2S. The van der Waals surface area contributed by atoms with Gasteiger partial charge >= 0.3 is 0 Å². The van der Waals surface area contributed by atoms with E-state index in [0.29, 0.717) is 18.2 Å². The maximum Gasteiger partial charge on any atom is 0.273 e. The number of nitrogens with zero attached hydrogens (tertiary/aromatic N) is 2. The molecule has 5 heteroatoms. The number of hydrogen-bond donors (Lipinski definition) is 0. The van der Waals surface area contributed by atoms with Gasteiger partial charge in [-0.15, -0.1) is 17.9 Å². The lowest BCUT2D eigenvalue weighted by molar-refractivity contribution is 0.0571. The average molecular weight is 342 g/mol. The molecular weight excluding hydrogens is 320 g/mol. The lowest BCUT2D eigenvalue weighted by atomic mass is 9.97. The zero-order valence-corrected chi connectivity index (χ0v) is 14.5. The van der Waals surface area contributed by atoms with Crippen LogP contribution in [0, 0.1) is 5.92 Å². The Kier molecular flexibility index (Phi) is 5.77. The Labute approximate surface area is 146 Å². The van der Waals surface area contributed by atoms with Crippen molar-refractivity contribution in [3.05, 3.63) is 54.1 Å². The van der Waals surface area contributed by atoms with Crippen LogP contribution in [0.3, 0.4) is 0 Å². The molecule has 1 aliphatic heterocycles. The van der Waals surface area contributed by atoms with Gasteiger partial charge in [-0.1, -0.05) is 36.4 Å². The molecule has 2 aromatic rings. The highest BCUT2D eigenvalue weighted by atomic mass is 32.1. The van der Waals surface area contributed by atoms with Gasteiger partial charge in [0, 0.05) is 30.6 Å². The molecule has 1 saturated heterocycles. The summed E-state index contributed by atoms with van der Waals surface area (Å²) >= 11 is 1.52. The van der Waals surface area contributed by atoms with Crippen molar-refractivity contribution >= 4 is 17.2 Å². The highest BCUT2D eigenvalue weighted by molar-refractivity contribution is 7.13. The summed E-state index contributed by atoms with van der Waals surface area (Å²) in [4.78, 5) is 19.1. The Morgan fingerprint density at radius 3 is 2.79 bits per heavy atom. The van der Waals surface area contributed by atoms with E-state index in [4.69, 9.17) is 4.74 Å². The largest absolute Gasteiger partial charge is 0.377 e. The normalized spacial score (nSPS) is 15.4. The molecule has 0 atom stereocenters. The summed E-state index contributed by atoms with van der Waals surface area (Å²) in [5.74, 6) is 0.572. The van der Waals surface area contributed by atoms with Gasteiger partial charge in [0.1, 0.15) is 10.7 Å². The molecule has 24 heavy (non-hydrogen) atoms. The number of aromatic nitrogens is 1. The summed E-state index contributed by atoms with van der Waals surface area (Å²) in [6.07, 6.45) is 3.74. The van der Waals surface area contributed by atoms with E-state index in [2.05, 4.69) is 11.6 Å². The molecule has 0 aliphatic carbocycles. The van der Waals surface area contributed by atoms with Crippen LogP contribution in [0.2, 0.25) is 0 Å². The first-order valence-corrected chi connectivity index (χ1v) is 9.14. The second kappa shape index (κ2) is 8.22. The topological polar surface area (TPSA) is 42.4 Å². The fourth-order valence-electron chi connectivity index (χ4n) is 2.87. The number of hydrogen-bond acceptors (Lipinski definition) is 4. The number of thiazole rings is 1. The van der Waals surface area contributed by atoms with Crippen molar-refractivity contribution in [1.29, 1.82) is 0 Å². The molecule has 3 rings (SSSR count). The van der Waals surface area contributed by atoms with E-state index in [1.165, 1.54) is 11.3 Å². The number of rotatable bonds is 6. The summed E-state index contributed by atoms with van der Waals surface area (Å²) in [6, 6.07) is 9.98. The molecule has 4 nitrogen and oxygen atoms in total. The third-order valence-corrected chi connectivity index (χ3v) is 5.13. The third-order valence-electron chi connectivity index (χ3n) is 4.24. The third kappa shape index (κ3) is 4.10. The Morgan fingerprint density at radius 1 is 1.33 bits per heavy atom. The number of piperidine rings is 1. The minimum Gasteiger partial charge on any atom is -0.377 e. The van der Waals surface area contributed by atoms with Crippen LogP contribution < -0.4 is 0 Å². The Bertz CT molecular complexity index is 676. The van der Waals surface area contributed by atoms with Crippen molar-refractivity contribution < 1.29 is 9.53 Å². The number of benzene rings is 1. The van der Waals surface area contributed by atoms with Gasteiger partial charge in [-0.2, -0.15) is 0 Å². The first kappa shape index (κ1) is 16.9. The van der Waals surface area contributed by atoms with Crippen LogP contribution in [-0.4, -0.2) is 42.1 Å². The van der Waals surface area contributed by atoms with Gasteiger partial charge in [0.05, 0.1) is 6.61 Å². The Hall–Kier alpha value is -1.98. The van der Waals surface area contributed by atoms with Gasteiger partial charge in [0.15, 0.2) is 0 Å². The highest BCUT2D eigenvalue weighted by Gasteiger charge is 2.25. The standard InChI is InChI=1S/C19H22N2O2S/c1-2-12-23-13-15-8-10-21(11-9-15)19(22)17-14-24-18(20-17)16-6-4-3-5-7-16/h2-7,14-15H,1,8-13H2. The monoisotopic (exact) mass is 342 g/mol. The van der Waals surface area contributed by atoms with Crippen molar-refractivity contribution in [2.24, 2.45) is 5.92 Å². The Morgan fingerprint density at radius 2 is 2.08 bits per heavy atom. The first-order chi connectivity index (χ1) is 11.8. The number of carbonyl (C=O) groups excluding carboxylic acids is 1. The molecule has 1 aromatic carbocycles. The van der Waals surface area contributed by atoms with E-state index in [0.717, 1.165) is 43.1 Å². The zero-order chi connectivity index (χ0) is 16.8. The average Bonchev–Trinajstić information content (AvgIpc) is 3.13. The van der Waals surface area contributed by atoms with Crippen LogP contribution in [0.15, 0.2) is 48.4 Å². The molecule has 126 valence electrons. The Balaban J connectivity index is 1.56. The van der Waals surface area contributed by atoms with E-state index >= 15 is 0 Å².